The van der Waals surface area contributed by atoms with E-state index < -0.39 is 5.97 Å². The van der Waals surface area contributed by atoms with Crippen molar-refractivity contribution < 1.29 is 9.90 Å². The van der Waals surface area contributed by atoms with Gasteiger partial charge in [-0.1, -0.05) is 19.1 Å². The first-order chi connectivity index (χ1) is 11.6. The average Bonchev–Trinajstić information content (AvgIpc) is 2.86. The predicted molar refractivity (Wildman–Crippen MR) is 96.9 cm³/mol. The van der Waals surface area contributed by atoms with Gasteiger partial charge in [-0.05, 0) is 31.4 Å². The molecule has 0 amide bonds. The Morgan fingerprint density at radius 1 is 1.25 bits per heavy atom. The van der Waals surface area contributed by atoms with Crippen LogP contribution in [0.3, 0.4) is 0 Å². The lowest BCUT2D eigenvalue weighted by Crippen LogP contribution is -2.44. The molecule has 5 nitrogen and oxygen atoms in total. The summed E-state index contributed by atoms with van der Waals surface area (Å²) in [5.41, 5.74) is 3.83. The molecule has 1 aromatic carbocycles. The molecular formula is C19H27N3O2. The number of rotatable bonds is 6. The van der Waals surface area contributed by atoms with E-state index in [4.69, 9.17) is 0 Å². The third-order valence-corrected chi connectivity index (χ3v) is 5.04. The smallest absolute Gasteiger partial charge is 0.337 e. The summed E-state index contributed by atoms with van der Waals surface area (Å²) < 4.78 is 2.20. The molecular weight excluding hydrogens is 302 g/mol. The van der Waals surface area contributed by atoms with Gasteiger partial charge in [-0.25, -0.2) is 4.79 Å². The molecule has 2 N–H and O–H groups in total. The number of para-hydroxylation sites is 1. The minimum Gasteiger partial charge on any atom is -0.478 e. The number of aromatic nitrogens is 1. The molecule has 2 heterocycles. The second-order valence-corrected chi connectivity index (χ2v) is 6.56. The van der Waals surface area contributed by atoms with Crippen LogP contribution in [0, 0.1) is 6.92 Å². The van der Waals surface area contributed by atoms with E-state index in [2.05, 4.69) is 34.7 Å². The fraction of sp³-hybridized carbons (Fsp3) is 0.526. The lowest BCUT2D eigenvalue weighted by atomic mass is 10.0. The Bertz CT molecular complexity index is 730. The molecule has 0 spiro atoms. The van der Waals surface area contributed by atoms with Crippen molar-refractivity contribution in [2.45, 2.75) is 33.2 Å². The van der Waals surface area contributed by atoms with Gasteiger partial charge in [0.25, 0.3) is 0 Å². The van der Waals surface area contributed by atoms with E-state index in [1.165, 1.54) is 11.3 Å². The molecule has 1 aliphatic heterocycles. The van der Waals surface area contributed by atoms with E-state index in [1.54, 1.807) is 6.07 Å². The standard InChI is InChI=1S/C19H27N3O2/c1-3-10-22-14(2)15(7-11-21-12-8-20-9-13-21)16-5-4-6-17(18(16)22)19(23)24/h4-6,20H,3,7-13H2,1-2H3,(H,23,24). The Morgan fingerprint density at radius 2 is 2.00 bits per heavy atom. The quantitative estimate of drug-likeness (QED) is 0.855. The average molecular weight is 329 g/mol. The number of piperazine rings is 1. The molecule has 0 radical (unpaired) electrons. The molecule has 2 aromatic rings. The number of nitrogens with one attached hydrogen (secondary N) is 1. The van der Waals surface area contributed by atoms with E-state index in [0.29, 0.717) is 5.56 Å². The van der Waals surface area contributed by atoms with Crippen LogP contribution in [0.1, 0.15) is 35.0 Å². The molecule has 0 saturated carbocycles. The van der Waals surface area contributed by atoms with E-state index in [9.17, 15) is 9.90 Å². The number of carbonyl (C=O) groups is 1. The highest BCUT2D eigenvalue weighted by Gasteiger charge is 2.20. The van der Waals surface area contributed by atoms with Crippen molar-refractivity contribution in [1.29, 1.82) is 0 Å². The molecule has 0 atom stereocenters. The second kappa shape index (κ2) is 7.36. The molecule has 1 fully saturated rings. The lowest BCUT2D eigenvalue weighted by Gasteiger charge is -2.27. The van der Waals surface area contributed by atoms with Crippen molar-refractivity contribution in [2.24, 2.45) is 0 Å². The normalized spacial score (nSPS) is 15.9. The van der Waals surface area contributed by atoms with Crippen molar-refractivity contribution in [2.75, 3.05) is 32.7 Å². The van der Waals surface area contributed by atoms with Crippen LogP contribution in [0.2, 0.25) is 0 Å². The number of aryl methyl sites for hydroxylation is 1. The number of fused-ring (bicyclic) bond motifs is 1. The SMILES string of the molecule is CCCn1c(C)c(CCN2CCNCC2)c2cccc(C(=O)O)c21. The third kappa shape index (κ3) is 3.19. The van der Waals surface area contributed by atoms with Crippen molar-refractivity contribution >= 4 is 16.9 Å². The van der Waals surface area contributed by atoms with Crippen molar-refractivity contribution in [3.8, 4) is 0 Å². The fourth-order valence-electron chi connectivity index (χ4n) is 3.80. The van der Waals surface area contributed by atoms with Crippen molar-refractivity contribution in [3.63, 3.8) is 0 Å². The number of carboxylic acid groups (broad SMARTS) is 1. The third-order valence-electron chi connectivity index (χ3n) is 5.04. The summed E-state index contributed by atoms with van der Waals surface area (Å²) in [6.45, 7) is 10.5. The molecule has 130 valence electrons. The van der Waals surface area contributed by atoms with Crippen LogP contribution >= 0.6 is 0 Å². The van der Waals surface area contributed by atoms with Crippen LogP contribution in [-0.2, 0) is 13.0 Å². The van der Waals surface area contributed by atoms with Crippen LogP contribution in [-0.4, -0.2) is 53.3 Å². The maximum absolute atomic E-state index is 11.7. The van der Waals surface area contributed by atoms with Crippen LogP contribution in [0.5, 0.6) is 0 Å². The lowest BCUT2D eigenvalue weighted by molar-refractivity contribution is 0.0698. The van der Waals surface area contributed by atoms with E-state index in [-0.39, 0.29) is 0 Å². The zero-order chi connectivity index (χ0) is 17.1. The van der Waals surface area contributed by atoms with Crippen molar-refractivity contribution in [1.82, 2.24) is 14.8 Å². The van der Waals surface area contributed by atoms with Crippen LogP contribution in [0.15, 0.2) is 18.2 Å². The van der Waals surface area contributed by atoms with Gasteiger partial charge in [-0.3, -0.25) is 0 Å². The minimum atomic E-state index is -0.843. The Labute approximate surface area is 143 Å². The number of hydrogen-bond donors (Lipinski definition) is 2. The summed E-state index contributed by atoms with van der Waals surface area (Å²) in [6, 6.07) is 5.67. The van der Waals surface area contributed by atoms with Gasteiger partial charge in [0.1, 0.15) is 0 Å². The maximum atomic E-state index is 11.7. The number of aromatic carboxylic acids is 1. The summed E-state index contributed by atoms with van der Waals surface area (Å²) in [7, 11) is 0. The Hall–Kier alpha value is -1.85. The van der Waals surface area contributed by atoms with Gasteiger partial charge in [0, 0.05) is 50.3 Å². The summed E-state index contributed by atoms with van der Waals surface area (Å²) in [5.74, 6) is -0.843. The van der Waals surface area contributed by atoms with Gasteiger partial charge in [0.2, 0.25) is 0 Å². The first-order valence-electron chi connectivity index (χ1n) is 8.90. The molecule has 1 saturated heterocycles. The molecule has 5 heteroatoms. The molecule has 0 bridgehead atoms. The first kappa shape index (κ1) is 17.0. The molecule has 1 aliphatic rings. The summed E-state index contributed by atoms with van der Waals surface area (Å²) in [6.07, 6.45) is 1.97. The van der Waals surface area contributed by atoms with Crippen LogP contribution in [0.4, 0.5) is 0 Å². The van der Waals surface area contributed by atoms with E-state index in [0.717, 1.165) is 63.0 Å². The fourth-order valence-corrected chi connectivity index (χ4v) is 3.80. The molecule has 0 aliphatic carbocycles. The van der Waals surface area contributed by atoms with Gasteiger partial charge in [0.15, 0.2) is 0 Å². The highest BCUT2D eigenvalue weighted by Crippen LogP contribution is 2.29. The number of hydrogen-bond acceptors (Lipinski definition) is 3. The van der Waals surface area contributed by atoms with Gasteiger partial charge in [-0.2, -0.15) is 0 Å². The largest absolute Gasteiger partial charge is 0.478 e. The number of nitrogens with zero attached hydrogens (tertiary/aromatic N) is 2. The zero-order valence-corrected chi connectivity index (χ0v) is 14.6. The highest BCUT2D eigenvalue weighted by atomic mass is 16.4. The maximum Gasteiger partial charge on any atom is 0.337 e. The van der Waals surface area contributed by atoms with Crippen LogP contribution < -0.4 is 5.32 Å². The van der Waals surface area contributed by atoms with Gasteiger partial charge >= 0.3 is 5.97 Å². The van der Waals surface area contributed by atoms with Gasteiger partial charge < -0.3 is 19.9 Å². The van der Waals surface area contributed by atoms with Gasteiger partial charge in [0.05, 0.1) is 11.1 Å². The zero-order valence-electron chi connectivity index (χ0n) is 14.6. The Kier molecular flexibility index (Phi) is 5.21. The molecule has 1 aromatic heterocycles. The monoisotopic (exact) mass is 329 g/mol. The Morgan fingerprint density at radius 3 is 2.67 bits per heavy atom. The predicted octanol–water partition coefficient (Wildman–Crippen LogP) is 2.51. The topological polar surface area (TPSA) is 57.5 Å². The summed E-state index contributed by atoms with van der Waals surface area (Å²) >= 11 is 0. The molecule has 24 heavy (non-hydrogen) atoms. The number of carboxylic acids is 1. The Balaban J connectivity index is 1.99. The minimum absolute atomic E-state index is 0.414. The first-order valence-corrected chi connectivity index (χ1v) is 8.90. The summed E-state index contributed by atoms with van der Waals surface area (Å²) in [4.78, 5) is 14.2. The van der Waals surface area contributed by atoms with Gasteiger partial charge in [-0.15, -0.1) is 0 Å². The highest BCUT2D eigenvalue weighted by molar-refractivity contribution is 6.03. The van der Waals surface area contributed by atoms with E-state index in [1.807, 2.05) is 6.07 Å². The van der Waals surface area contributed by atoms with E-state index >= 15 is 0 Å². The molecule has 3 rings (SSSR count). The number of benzene rings is 1. The molecule has 0 unspecified atom stereocenters. The van der Waals surface area contributed by atoms with Crippen LogP contribution in [0.25, 0.3) is 10.9 Å². The second-order valence-electron chi connectivity index (χ2n) is 6.56. The van der Waals surface area contributed by atoms with Crippen molar-refractivity contribution in [3.05, 3.63) is 35.0 Å². The summed E-state index contributed by atoms with van der Waals surface area (Å²) in [5, 5.41) is 14.1.